The number of hydrogen-bond donors (Lipinski definition) is 2. The van der Waals surface area contributed by atoms with Gasteiger partial charge in [0, 0.05) is 11.6 Å². The van der Waals surface area contributed by atoms with Crippen molar-refractivity contribution in [1.82, 2.24) is 15.0 Å². The molecule has 20 heavy (non-hydrogen) atoms. The van der Waals surface area contributed by atoms with Crippen molar-refractivity contribution in [2.75, 3.05) is 12.3 Å². The molecule has 2 heterocycles. The number of nitrogens with one attached hydrogen (secondary N) is 1. The molecular formula is C14H13ClN4O. The average Bonchev–Trinajstić information content (AvgIpc) is 2.85. The first-order valence-electron chi connectivity index (χ1n) is 6.22. The summed E-state index contributed by atoms with van der Waals surface area (Å²) in [6, 6.07) is 9.09. The minimum Gasteiger partial charge on any atom is -0.478 e. The molecule has 0 spiro atoms. The van der Waals surface area contributed by atoms with Gasteiger partial charge < -0.3 is 15.5 Å². The summed E-state index contributed by atoms with van der Waals surface area (Å²) in [4.78, 5) is 12.0. The first-order valence-corrected chi connectivity index (χ1v) is 6.60. The van der Waals surface area contributed by atoms with Crippen LogP contribution in [0, 0.1) is 0 Å². The van der Waals surface area contributed by atoms with Gasteiger partial charge >= 0.3 is 0 Å². The van der Waals surface area contributed by atoms with Crippen LogP contribution in [0.25, 0.3) is 22.6 Å². The zero-order chi connectivity index (χ0) is 14.1. The van der Waals surface area contributed by atoms with Crippen molar-refractivity contribution >= 4 is 28.5 Å². The highest BCUT2D eigenvalue weighted by Gasteiger charge is 2.09. The third kappa shape index (κ3) is 2.28. The van der Waals surface area contributed by atoms with E-state index in [4.69, 9.17) is 22.1 Å². The molecule has 6 heteroatoms. The molecule has 102 valence electrons. The molecule has 0 bridgehead atoms. The van der Waals surface area contributed by atoms with Gasteiger partial charge in [0.05, 0.1) is 22.8 Å². The molecule has 2 aromatic heterocycles. The van der Waals surface area contributed by atoms with E-state index in [2.05, 4.69) is 15.0 Å². The summed E-state index contributed by atoms with van der Waals surface area (Å²) in [6.45, 7) is 2.49. The highest BCUT2D eigenvalue weighted by Crippen LogP contribution is 2.27. The Balaban J connectivity index is 2.05. The summed E-state index contributed by atoms with van der Waals surface area (Å²) in [5, 5.41) is 0.505. The lowest BCUT2D eigenvalue weighted by atomic mass is 10.2. The molecule has 0 aliphatic heterocycles. The third-order valence-electron chi connectivity index (χ3n) is 2.89. The fourth-order valence-electron chi connectivity index (χ4n) is 1.91. The Bertz CT molecular complexity index is 769. The number of nitrogen functional groups attached to an aromatic ring is 1. The van der Waals surface area contributed by atoms with Gasteiger partial charge in [-0.3, -0.25) is 0 Å². The minimum absolute atomic E-state index is 0.505. The number of halogens is 1. The Hall–Kier alpha value is -2.27. The zero-order valence-corrected chi connectivity index (χ0v) is 11.6. The van der Waals surface area contributed by atoms with Crippen LogP contribution in [0.3, 0.4) is 0 Å². The standard InChI is InChI=1S/C14H13ClN4O/c1-2-20-12-6-5-11-14(18-12)19-13(17-11)8-3-4-10(16)9(15)7-8/h3-7H,2,16H2,1H3,(H,17,18,19). The number of anilines is 1. The monoisotopic (exact) mass is 288 g/mol. The molecule has 3 aromatic rings. The number of H-pyrrole nitrogens is 1. The number of aromatic nitrogens is 3. The number of ether oxygens (including phenoxy) is 1. The topological polar surface area (TPSA) is 76.8 Å². The molecule has 0 atom stereocenters. The number of fused-ring (bicyclic) bond motifs is 1. The van der Waals surface area contributed by atoms with Crippen molar-refractivity contribution in [1.29, 1.82) is 0 Å². The highest BCUT2D eigenvalue weighted by atomic mass is 35.5. The summed E-state index contributed by atoms with van der Waals surface area (Å²) >= 11 is 6.03. The number of hydrogen-bond acceptors (Lipinski definition) is 4. The quantitative estimate of drug-likeness (QED) is 0.725. The normalized spacial score (nSPS) is 10.9. The largest absolute Gasteiger partial charge is 0.478 e. The van der Waals surface area contributed by atoms with Crippen molar-refractivity contribution in [3.63, 3.8) is 0 Å². The van der Waals surface area contributed by atoms with Crippen LogP contribution in [0.1, 0.15) is 6.92 Å². The Labute approximate surface area is 120 Å². The van der Waals surface area contributed by atoms with E-state index in [0.717, 1.165) is 11.1 Å². The molecule has 0 amide bonds. The Morgan fingerprint density at radius 1 is 1.25 bits per heavy atom. The van der Waals surface area contributed by atoms with E-state index in [1.54, 1.807) is 12.1 Å². The minimum atomic E-state index is 0.505. The number of imidazole rings is 1. The number of nitrogens with zero attached hydrogens (tertiary/aromatic N) is 2. The zero-order valence-electron chi connectivity index (χ0n) is 10.9. The molecule has 0 unspecified atom stereocenters. The van der Waals surface area contributed by atoms with Crippen LogP contribution >= 0.6 is 11.6 Å². The lowest BCUT2D eigenvalue weighted by molar-refractivity contribution is 0.328. The Morgan fingerprint density at radius 3 is 2.85 bits per heavy atom. The average molecular weight is 289 g/mol. The number of rotatable bonds is 3. The summed E-state index contributed by atoms with van der Waals surface area (Å²) in [5.74, 6) is 1.26. The van der Waals surface area contributed by atoms with Gasteiger partial charge in [-0.15, -0.1) is 0 Å². The third-order valence-corrected chi connectivity index (χ3v) is 3.21. The van der Waals surface area contributed by atoms with Crippen molar-refractivity contribution in [2.24, 2.45) is 0 Å². The Kier molecular flexibility index (Phi) is 3.20. The van der Waals surface area contributed by atoms with Crippen LogP contribution in [0.5, 0.6) is 5.88 Å². The van der Waals surface area contributed by atoms with Gasteiger partial charge in [0.15, 0.2) is 5.65 Å². The lowest BCUT2D eigenvalue weighted by Crippen LogP contribution is -1.93. The molecule has 0 radical (unpaired) electrons. The van der Waals surface area contributed by atoms with Gasteiger partial charge in [-0.05, 0) is 31.2 Å². The van der Waals surface area contributed by atoms with Crippen molar-refractivity contribution in [3.05, 3.63) is 35.4 Å². The molecule has 1 aromatic carbocycles. The van der Waals surface area contributed by atoms with Crippen LogP contribution in [0.4, 0.5) is 5.69 Å². The number of pyridine rings is 1. The molecular weight excluding hydrogens is 276 g/mol. The number of aromatic amines is 1. The molecule has 0 saturated heterocycles. The summed E-state index contributed by atoms with van der Waals surface area (Å²) in [6.07, 6.45) is 0. The maximum atomic E-state index is 6.03. The van der Waals surface area contributed by atoms with E-state index in [1.165, 1.54) is 0 Å². The molecule has 3 N–H and O–H groups in total. The Morgan fingerprint density at radius 2 is 2.10 bits per heavy atom. The molecule has 3 rings (SSSR count). The second-order valence-corrected chi connectivity index (χ2v) is 4.68. The lowest BCUT2D eigenvalue weighted by Gasteiger charge is -2.00. The SMILES string of the molecule is CCOc1ccc2[nH]c(-c3ccc(N)c(Cl)c3)nc2n1. The van der Waals surface area contributed by atoms with Crippen LogP contribution < -0.4 is 10.5 Å². The van der Waals surface area contributed by atoms with Crippen molar-refractivity contribution in [2.45, 2.75) is 6.92 Å². The van der Waals surface area contributed by atoms with Gasteiger partial charge in [-0.2, -0.15) is 4.98 Å². The maximum Gasteiger partial charge on any atom is 0.215 e. The van der Waals surface area contributed by atoms with Crippen molar-refractivity contribution < 1.29 is 4.74 Å². The van der Waals surface area contributed by atoms with Crippen LogP contribution in [-0.4, -0.2) is 21.6 Å². The van der Waals surface area contributed by atoms with E-state index in [-0.39, 0.29) is 0 Å². The van der Waals surface area contributed by atoms with Crippen LogP contribution in [0.2, 0.25) is 5.02 Å². The van der Waals surface area contributed by atoms with Gasteiger partial charge in [0.25, 0.3) is 0 Å². The molecule has 0 aliphatic rings. The van der Waals surface area contributed by atoms with Gasteiger partial charge in [-0.25, -0.2) is 4.98 Å². The van der Waals surface area contributed by atoms with E-state index in [1.807, 2.05) is 25.1 Å². The summed E-state index contributed by atoms with van der Waals surface area (Å²) in [7, 11) is 0. The van der Waals surface area contributed by atoms with E-state index in [0.29, 0.717) is 34.7 Å². The van der Waals surface area contributed by atoms with Crippen LogP contribution in [-0.2, 0) is 0 Å². The summed E-state index contributed by atoms with van der Waals surface area (Å²) < 4.78 is 5.36. The number of benzene rings is 1. The predicted octanol–water partition coefficient (Wildman–Crippen LogP) is 3.26. The van der Waals surface area contributed by atoms with E-state index < -0.39 is 0 Å². The summed E-state index contributed by atoms with van der Waals surface area (Å²) in [5.41, 5.74) is 8.56. The highest BCUT2D eigenvalue weighted by molar-refractivity contribution is 6.33. The number of nitrogens with two attached hydrogens (primary N) is 1. The molecule has 0 aliphatic carbocycles. The first-order chi connectivity index (χ1) is 9.67. The molecule has 0 saturated carbocycles. The predicted molar refractivity (Wildman–Crippen MR) is 79.9 cm³/mol. The fourth-order valence-corrected chi connectivity index (χ4v) is 2.10. The van der Waals surface area contributed by atoms with E-state index >= 15 is 0 Å². The van der Waals surface area contributed by atoms with Crippen molar-refractivity contribution in [3.8, 4) is 17.3 Å². The van der Waals surface area contributed by atoms with Crippen LogP contribution in [0.15, 0.2) is 30.3 Å². The van der Waals surface area contributed by atoms with E-state index in [9.17, 15) is 0 Å². The molecule has 5 nitrogen and oxygen atoms in total. The van der Waals surface area contributed by atoms with Gasteiger partial charge in [-0.1, -0.05) is 11.6 Å². The smallest absolute Gasteiger partial charge is 0.215 e. The first kappa shape index (κ1) is 12.7. The van der Waals surface area contributed by atoms with Gasteiger partial charge in [0.2, 0.25) is 5.88 Å². The molecule has 0 fully saturated rings. The maximum absolute atomic E-state index is 6.03. The van der Waals surface area contributed by atoms with Gasteiger partial charge in [0.1, 0.15) is 5.82 Å². The fraction of sp³-hybridized carbons (Fsp3) is 0.143. The second kappa shape index (κ2) is 5.02. The second-order valence-electron chi connectivity index (χ2n) is 4.28.